The lowest BCUT2D eigenvalue weighted by atomic mass is 10.1. The van der Waals surface area contributed by atoms with Gasteiger partial charge in [0.1, 0.15) is 5.75 Å². The molecule has 0 aliphatic carbocycles. The first-order valence-electron chi connectivity index (χ1n) is 6.71. The second-order valence-electron chi connectivity index (χ2n) is 4.61. The summed E-state index contributed by atoms with van der Waals surface area (Å²) in [5.41, 5.74) is 0.598. The van der Waals surface area contributed by atoms with Crippen LogP contribution in [0.2, 0.25) is 0 Å². The van der Waals surface area contributed by atoms with E-state index in [-0.39, 0.29) is 11.8 Å². The van der Waals surface area contributed by atoms with Crippen molar-refractivity contribution in [2.75, 3.05) is 26.4 Å². The number of ketones is 1. The highest BCUT2D eigenvalue weighted by molar-refractivity contribution is 5.96. The van der Waals surface area contributed by atoms with Gasteiger partial charge in [0.15, 0.2) is 5.78 Å². The first kappa shape index (κ1) is 14.0. The molecule has 1 aromatic heterocycles. The average molecular weight is 264 g/mol. The molecular formula is C14H20N2O3. The van der Waals surface area contributed by atoms with Gasteiger partial charge < -0.3 is 14.8 Å². The van der Waals surface area contributed by atoms with Crippen LogP contribution in [0.15, 0.2) is 18.5 Å². The van der Waals surface area contributed by atoms with E-state index in [9.17, 15) is 4.79 Å². The zero-order chi connectivity index (χ0) is 13.5. The number of carbonyl (C=O) groups excluding carboxylic acids is 1. The summed E-state index contributed by atoms with van der Waals surface area (Å²) in [6, 6.07) is 1.86. The second-order valence-corrected chi connectivity index (χ2v) is 4.61. The number of morpholine rings is 1. The fourth-order valence-corrected chi connectivity index (χ4v) is 1.96. The van der Waals surface area contributed by atoms with Crippen LogP contribution in [0.5, 0.6) is 5.75 Å². The summed E-state index contributed by atoms with van der Waals surface area (Å²) >= 11 is 0. The highest BCUT2D eigenvalue weighted by atomic mass is 16.5. The number of carbonyl (C=O) groups is 1. The van der Waals surface area contributed by atoms with Gasteiger partial charge >= 0.3 is 0 Å². The number of rotatable bonds is 6. The van der Waals surface area contributed by atoms with Gasteiger partial charge in [0.05, 0.1) is 26.0 Å². The SMILES string of the molecule is CCCOc1cncc(C(=O)CC2COCCN2)c1. The van der Waals surface area contributed by atoms with Crippen molar-refractivity contribution < 1.29 is 14.3 Å². The average Bonchev–Trinajstić information content (AvgIpc) is 2.46. The van der Waals surface area contributed by atoms with Crippen molar-refractivity contribution in [1.82, 2.24) is 10.3 Å². The Bertz CT molecular complexity index is 417. The molecule has 0 radical (unpaired) electrons. The zero-order valence-electron chi connectivity index (χ0n) is 11.2. The van der Waals surface area contributed by atoms with Crippen LogP contribution < -0.4 is 10.1 Å². The first-order chi connectivity index (χ1) is 9.29. The molecule has 1 aromatic rings. The second kappa shape index (κ2) is 7.21. The minimum absolute atomic E-state index is 0.0671. The largest absolute Gasteiger partial charge is 0.492 e. The maximum atomic E-state index is 12.1. The van der Waals surface area contributed by atoms with E-state index >= 15 is 0 Å². The van der Waals surface area contributed by atoms with Crippen molar-refractivity contribution in [2.24, 2.45) is 0 Å². The molecule has 1 unspecified atom stereocenters. The fraction of sp³-hybridized carbons (Fsp3) is 0.571. The molecule has 0 bridgehead atoms. The summed E-state index contributed by atoms with van der Waals surface area (Å²) in [4.78, 5) is 16.2. The maximum absolute atomic E-state index is 12.1. The van der Waals surface area contributed by atoms with Gasteiger partial charge in [0, 0.05) is 30.8 Å². The van der Waals surface area contributed by atoms with E-state index in [0.717, 1.165) is 13.0 Å². The van der Waals surface area contributed by atoms with E-state index in [1.165, 1.54) is 0 Å². The summed E-state index contributed by atoms with van der Waals surface area (Å²) in [7, 11) is 0. The van der Waals surface area contributed by atoms with Crippen LogP contribution in [0, 0.1) is 0 Å². The number of nitrogens with zero attached hydrogens (tertiary/aromatic N) is 1. The number of nitrogens with one attached hydrogen (secondary N) is 1. The van der Waals surface area contributed by atoms with E-state index < -0.39 is 0 Å². The van der Waals surface area contributed by atoms with Crippen molar-refractivity contribution in [2.45, 2.75) is 25.8 Å². The number of hydrogen-bond donors (Lipinski definition) is 1. The molecule has 5 heteroatoms. The molecule has 1 aliphatic rings. The summed E-state index contributed by atoms with van der Waals surface area (Å²) in [5, 5.41) is 3.27. The molecule has 0 saturated carbocycles. The van der Waals surface area contributed by atoms with Crippen LogP contribution in [0.4, 0.5) is 0 Å². The summed E-state index contributed by atoms with van der Waals surface area (Å²) < 4.78 is 10.8. The lowest BCUT2D eigenvalue weighted by Gasteiger charge is -2.23. The Kier molecular flexibility index (Phi) is 5.30. The number of Topliss-reactive ketones (excluding diaryl/α,β-unsaturated/α-hetero) is 1. The monoisotopic (exact) mass is 264 g/mol. The van der Waals surface area contributed by atoms with E-state index in [1.54, 1.807) is 18.5 Å². The van der Waals surface area contributed by atoms with E-state index in [4.69, 9.17) is 9.47 Å². The lowest BCUT2D eigenvalue weighted by Crippen LogP contribution is -2.42. The first-order valence-corrected chi connectivity index (χ1v) is 6.71. The number of aromatic nitrogens is 1. The van der Waals surface area contributed by atoms with Crippen molar-refractivity contribution in [3.63, 3.8) is 0 Å². The highest BCUT2D eigenvalue weighted by Crippen LogP contribution is 2.14. The van der Waals surface area contributed by atoms with Gasteiger partial charge in [-0.25, -0.2) is 0 Å². The van der Waals surface area contributed by atoms with Crippen LogP contribution in [-0.2, 0) is 4.74 Å². The molecule has 0 aromatic carbocycles. The predicted molar refractivity (Wildman–Crippen MR) is 71.6 cm³/mol. The number of hydrogen-bond acceptors (Lipinski definition) is 5. The Hall–Kier alpha value is -1.46. The van der Waals surface area contributed by atoms with Crippen LogP contribution in [0.25, 0.3) is 0 Å². The minimum Gasteiger partial charge on any atom is -0.492 e. The quantitative estimate of drug-likeness (QED) is 0.788. The molecule has 19 heavy (non-hydrogen) atoms. The van der Waals surface area contributed by atoms with Gasteiger partial charge in [-0.1, -0.05) is 6.92 Å². The number of pyridine rings is 1. The zero-order valence-corrected chi connectivity index (χ0v) is 11.2. The molecule has 5 nitrogen and oxygen atoms in total. The molecule has 0 amide bonds. The Balaban J connectivity index is 1.93. The van der Waals surface area contributed by atoms with E-state index in [1.807, 2.05) is 6.92 Å². The highest BCUT2D eigenvalue weighted by Gasteiger charge is 2.18. The van der Waals surface area contributed by atoms with Crippen molar-refractivity contribution in [3.8, 4) is 5.75 Å². The summed E-state index contributed by atoms with van der Waals surface area (Å²) in [5.74, 6) is 0.720. The molecule has 1 saturated heterocycles. The van der Waals surface area contributed by atoms with E-state index in [2.05, 4.69) is 10.3 Å². The van der Waals surface area contributed by atoms with Gasteiger partial charge in [-0.2, -0.15) is 0 Å². The van der Waals surface area contributed by atoms with Crippen LogP contribution in [0.1, 0.15) is 30.1 Å². The molecule has 2 heterocycles. The van der Waals surface area contributed by atoms with Gasteiger partial charge in [0.25, 0.3) is 0 Å². The maximum Gasteiger partial charge on any atom is 0.166 e. The molecule has 1 fully saturated rings. The minimum atomic E-state index is 0.0671. The molecule has 2 rings (SSSR count). The Morgan fingerprint density at radius 3 is 3.21 bits per heavy atom. The van der Waals surface area contributed by atoms with Crippen LogP contribution in [-0.4, -0.2) is 43.2 Å². The van der Waals surface area contributed by atoms with Crippen LogP contribution in [0.3, 0.4) is 0 Å². The Labute approximate surface area is 113 Å². The molecular weight excluding hydrogens is 244 g/mol. The molecule has 1 aliphatic heterocycles. The van der Waals surface area contributed by atoms with Gasteiger partial charge in [0.2, 0.25) is 0 Å². The standard InChI is InChI=1S/C14H20N2O3/c1-2-4-19-13-6-11(8-15-9-13)14(17)7-12-10-18-5-3-16-12/h6,8-9,12,16H,2-5,7,10H2,1H3. The third-order valence-corrected chi connectivity index (χ3v) is 2.94. The smallest absolute Gasteiger partial charge is 0.166 e. The van der Waals surface area contributed by atoms with E-state index in [0.29, 0.717) is 37.6 Å². The lowest BCUT2D eigenvalue weighted by molar-refractivity contribution is 0.0675. The summed E-state index contributed by atoms with van der Waals surface area (Å²) in [6.07, 6.45) is 4.58. The van der Waals surface area contributed by atoms with Crippen molar-refractivity contribution >= 4 is 5.78 Å². The van der Waals surface area contributed by atoms with Crippen molar-refractivity contribution in [3.05, 3.63) is 24.0 Å². The third kappa shape index (κ3) is 4.29. The van der Waals surface area contributed by atoms with Gasteiger partial charge in [-0.05, 0) is 12.5 Å². The Morgan fingerprint density at radius 1 is 1.58 bits per heavy atom. The summed E-state index contributed by atoms with van der Waals surface area (Å²) in [6.45, 7) is 4.78. The number of ether oxygens (including phenoxy) is 2. The van der Waals surface area contributed by atoms with Gasteiger partial charge in [-0.3, -0.25) is 9.78 Å². The normalized spacial score (nSPS) is 19.1. The van der Waals surface area contributed by atoms with Gasteiger partial charge in [-0.15, -0.1) is 0 Å². The fourth-order valence-electron chi connectivity index (χ4n) is 1.96. The molecule has 104 valence electrons. The van der Waals surface area contributed by atoms with Crippen molar-refractivity contribution in [1.29, 1.82) is 0 Å². The Morgan fingerprint density at radius 2 is 2.47 bits per heavy atom. The molecule has 1 atom stereocenters. The molecule has 1 N–H and O–H groups in total. The third-order valence-electron chi connectivity index (χ3n) is 2.94. The predicted octanol–water partition coefficient (Wildman–Crippen LogP) is 1.43. The molecule has 0 spiro atoms. The van der Waals surface area contributed by atoms with Crippen LogP contribution >= 0.6 is 0 Å². The topological polar surface area (TPSA) is 60.5 Å².